The van der Waals surface area contributed by atoms with Gasteiger partial charge in [0.05, 0.1) is 6.61 Å². The molecule has 0 unspecified atom stereocenters. The van der Waals surface area contributed by atoms with Gasteiger partial charge < -0.3 is 25.0 Å². The van der Waals surface area contributed by atoms with Gasteiger partial charge in [0.25, 0.3) is 5.91 Å². The number of benzene rings is 4. The molecule has 4 aromatic carbocycles. The Kier molecular flexibility index (Phi) is 11.2. The first-order valence-corrected chi connectivity index (χ1v) is 14.2. The Morgan fingerprint density at radius 1 is 0.791 bits per heavy atom. The molecular weight excluding hydrogens is 570 g/mol. The van der Waals surface area contributed by atoms with E-state index in [1.807, 2.05) is 54.6 Å². The van der Waals surface area contributed by atoms with Crippen LogP contribution >= 0.6 is 11.6 Å². The summed E-state index contributed by atoms with van der Waals surface area (Å²) in [6.45, 7) is 0.620. The van der Waals surface area contributed by atoms with Gasteiger partial charge in [-0.3, -0.25) is 14.4 Å². The molecule has 0 radical (unpaired) electrons. The van der Waals surface area contributed by atoms with Gasteiger partial charge in [-0.1, -0.05) is 72.3 Å². The van der Waals surface area contributed by atoms with Gasteiger partial charge in [0.15, 0.2) is 0 Å². The highest BCUT2D eigenvalue weighted by atomic mass is 35.5. The number of aliphatic carboxylic acids is 2. The van der Waals surface area contributed by atoms with E-state index in [0.717, 1.165) is 16.7 Å². The first-order valence-electron chi connectivity index (χ1n) is 13.8. The number of carbonyl (C=O) groups excluding carboxylic acids is 1. The fourth-order valence-electron chi connectivity index (χ4n) is 4.51. The lowest BCUT2D eigenvalue weighted by atomic mass is 10.0. The van der Waals surface area contributed by atoms with E-state index < -0.39 is 11.9 Å². The van der Waals surface area contributed by atoms with Crippen LogP contribution in [0, 0.1) is 0 Å². The molecule has 8 nitrogen and oxygen atoms in total. The number of hydrogen-bond donors (Lipinski definition) is 3. The normalized spacial score (nSPS) is 10.6. The monoisotopic (exact) mass is 601 g/mol. The first kappa shape index (κ1) is 31.1. The predicted octanol–water partition coefficient (Wildman–Crippen LogP) is 6.78. The Bertz CT molecular complexity index is 1570. The molecule has 0 atom stereocenters. The molecule has 1 amide bonds. The van der Waals surface area contributed by atoms with E-state index in [1.54, 1.807) is 36.4 Å². The zero-order chi connectivity index (χ0) is 30.6. The average Bonchev–Trinajstić information content (AvgIpc) is 3.00. The van der Waals surface area contributed by atoms with E-state index in [0.29, 0.717) is 46.2 Å². The van der Waals surface area contributed by atoms with Crippen molar-refractivity contribution in [3.63, 3.8) is 0 Å². The third-order valence-corrected chi connectivity index (χ3v) is 6.98. The van der Waals surface area contributed by atoms with Crippen LogP contribution in [0.3, 0.4) is 0 Å². The summed E-state index contributed by atoms with van der Waals surface area (Å²) in [4.78, 5) is 35.4. The molecule has 0 fully saturated rings. The first-order chi connectivity index (χ1) is 20.8. The fraction of sp³-hybridized carbons (Fsp3) is 0.206. The molecule has 0 aromatic heterocycles. The number of carbonyl (C=O) groups is 3. The Morgan fingerprint density at radius 2 is 1.53 bits per heavy atom. The van der Waals surface area contributed by atoms with E-state index in [9.17, 15) is 19.5 Å². The summed E-state index contributed by atoms with van der Waals surface area (Å²) in [6, 6.07) is 27.5. The largest absolute Gasteiger partial charge is 0.493 e. The third kappa shape index (κ3) is 9.34. The van der Waals surface area contributed by atoms with Crippen molar-refractivity contribution in [1.29, 1.82) is 0 Å². The second-order valence-corrected chi connectivity index (χ2v) is 10.2. The van der Waals surface area contributed by atoms with Gasteiger partial charge >= 0.3 is 11.9 Å². The van der Waals surface area contributed by atoms with E-state index in [-0.39, 0.29) is 38.4 Å². The lowest BCUT2D eigenvalue weighted by Gasteiger charge is -2.17. The highest BCUT2D eigenvalue weighted by Crippen LogP contribution is 2.32. The second kappa shape index (κ2) is 15.4. The lowest BCUT2D eigenvalue weighted by molar-refractivity contribution is -0.138. The van der Waals surface area contributed by atoms with Crippen LogP contribution in [0.4, 0.5) is 0 Å². The Morgan fingerprint density at radius 3 is 2.28 bits per heavy atom. The highest BCUT2D eigenvalue weighted by Gasteiger charge is 2.16. The molecule has 43 heavy (non-hydrogen) atoms. The molecule has 0 saturated carbocycles. The summed E-state index contributed by atoms with van der Waals surface area (Å²) in [5.41, 5.74) is 4.19. The number of halogens is 1. The number of carboxylic acids is 2. The molecule has 0 spiro atoms. The summed E-state index contributed by atoms with van der Waals surface area (Å²) in [5.74, 6) is -1.23. The summed E-state index contributed by atoms with van der Waals surface area (Å²) in [7, 11) is 0. The SMILES string of the molecule is O=C(O)CCCOc1cccc(COc2cc(C(=O)NCc3ccccc3)cc(-c3ccccc3Cl)c2)c1CCC(=O)O. The summed E-state index contributed by atoms with van der Waals surface area (Å²) in [5, 5.41) is 21.7. The Balaban J connectivity index is 1.59. The van der Waals surface area contributed by atoms with Crippen LogP contribution in [0.25, 0.3) is 11.1 Å². The minimum Gasteiger partial charge on any atom is -0.493 e. The zero-order valence-electron chi connectivity index (χ0n) is 23.4. The number of carboxylic acid groups (broad SMARTS) is 2. The van der Waals surface area contributed by atoms with Crippen molar-refractivity contribution < 1.29 is 34.1 Å². The average molecular weight is 602 g/mol. The van der Waals surface area contributed by atoms with Crippen molar-refractivity contribution in [2.24, 2.45) is 0 Å². The minimum absolute atomic E-state index is 0.0315. The Labute approximate surface area is 254 Å². The number of rotatable bonds is 15. The maximum absolute atomic E-state index is 13.2. The molecule has 3 N–H and O–H groups in total. The van der Waals surface area contributed by atoms with E-state index in [2.05, 4.69) is 5.32 Å². The molecule has 9 heteroatoms. The number of hydrogen-bond acceptors (Lipinski definition) is 5. The second-order valence-electron chi connectivity index (χ2n) is 9.82. The maximum Gasteiger partial charge on any atom is 0.303 e. The smallest absolute Gasteiger partial charge is 0.303 e. The molecule has 0 aliphatic rings. The van der Waals surface area contributed by atoms with Gasteiger partial charge in [-0.05, 0) is 59.9 Å². The Hall–Kier alpha value is -4.82. The molecule has 0 heterocycles. The van der Waals surface area contributed by atoms with Crippen molar-refractivity contribution in [1.82, 2.24) is 5.32 Å². The van der Waals surface area contributed by atoms with Crippen molar-refractivity contribution in [3.8, 4) is 22.6 Å². The van der Waals surface area contributed by atoms with Crippen LogP contribution in [0.1, 0.15) is 46.3 Å². The van der Waals surface area contributed by atoms with Crippen LogP contribution in [-0.4, -0.2) is 34.7 Å². The number of amides is 1. The molecule has 0 bridgehead atoms. The number of ether oxygens (including phenoxy) is 2. The zero-order valence-corrected chi connectivity index (χ0v) is 24.2. The van der Waals surface area contributed by atoms with Crippen LogP contribution in [0.15, 0.2) is 91.0 Å². The van der Waals surface area contributed by atoms with Gasteiger partial charge in [-0.15, -0.1) is 0 Å². The quantitative estimate of drug-likeness (QED) is 0.128. The molecule has 0 aliphatic heterocycles. The lowest BCUT2D eigenvalue weighted by Crippen LogP contribution is -2.22. The minimum atomic E-state index is -0.953. The molecular formula is C34H32ClNO7. The third-order valence-electron chi connectivity index (χ3n) is 6.66. The molecule has 4 aromatic rings. The molecule has 0 aliphatic carbocycles. The standard InChI is InChI=1S/C34H32ClNO7/c35-30-12-5-4-11-28(30)25-18-26(34(41)36-21-23-8-2-1-3-9-23)20-27(19-25)43-22-24-10-6-13-31(29(24)15-16-33(39)40)42-17-7-14-32(37)38/h1-6,8-13,18-20H,7,14-17,21-22H2,(H,36,41)(H,37,38)(H,39,40). The van der Waals surface area contributed by atoms with Gasteiger partial charge in [-0.2, -0.15) is 0 Å². The maximum atomic E-state index is 13.2. The van der Waals surface area contributed by atoms with Crippen molar-refractivity contribution in [2.75, 3.05) is 6.61 Å². The fourth-order valence-corrected chi connectivity index (χ4v) is 4.75. The van der Waals surface area contributed by atoms with Gasteiger partial charge in [0.2, 0.25) is 0 Å². The van der Waals surface area contributed by atoms with E-state index >= 15 is 0 Å². The molecule has 222 valence electrons. The van der Waals surface area contributed by atoms with Crippen LogP contribution in [0.5, 0.6) is 11.5 Å². The van der Waals surface area contributed by atoms with E-state index in [1.165, 1.54) is 0 Å². The molecule has 0 saturated heterocycles. The van der Waals surface area contributed by atoms with Crippen molar-refractivity contribution >= 4 is 29.4 Å². The van der Waals surface area contributed by atoms with Gasteiger partial charge in [0.1, 0.15) is 18.1 Å². The summed E-state index contributed by atoms with van der Waals surface area (Å²) < 4.78 is 12.0. The predicted molar refractivity (Wildman–Crippen MR) is 164 cm³/mol. The van der Waals surface area contributed by atoms with Crippen molar-refractivity contribution in [2.45, 2.75) is 38.8 Å². The summed E-state index contributed by atoms with van der Waals surface area (Å²) in [6.07, 6.45) is 0.376. The van der Waals surface area contributed by atoms with Crippen LogP contribution in [0.2, 0.25) is 5.02 Å². The van der Waals surface area contributed by atoms with Crippen molar-refractivity contribution in [3.05, 3.63) is 118 Å². The molecule has 4 rings (SSSR count). The van der Waals surface area contributed by atoms with E-state index in [4.69, 9.17) is 26.2 Å². The number of nitrogens with one attached hydrogen (secondary N) is 1. The van der Waals surface area contributed by atoms with Crippen LogP contribution in [-0.2, 0) is 29.2 Å². The van der Waals surface area contributed by atoms with Crippen LogP contribution < -0.4 is 14.8 Å². The van der Waals surface area contributed by atoms with Gasteiger partial charge in [0, 0.05) is 41.1 Å². The highest BCUT2D eigenvalue weighted by molar-refractivity contribution is 6.33. The van der Waals surface area contributed by atoms with Gasteiger partial charge in [-0.25, -0.2) is 0 Å². The topological polar surface area (TPSA) is 122 Å². The summed E-state index contributed by atoms with van der Waals surface area (Å²) >= 11 is 6.49.